The summed E-state index contributed by atoms with van der Waals surface area (Å²) in [6.45, 7) is 3.13. The van der Waals surface area contributed by atoms with Crippen LogP contribution in [0.3, 0.4) is 0 Å². The van der Waals surface area contributed by atoms with E-state index in [9.17, 15) is 12.8 Å². The zero-order valence-corrected chi connectivity index (χ0v) is 12.7. The lowest BCUT2D eigenvalue weighted by molar-refractivity contribution is 0.378. The summed E-state index contributed by atoms with van der Waals surface area (Å²) < 4.78 is 44.7. The van der Waals surface area contributed by atoms with E-state index in [4.69, 9.17) is 10.3 Å². The average molecular weight is 313 g/mol. The lowest BCUT2D eigenvalue weighted by Gasteiger charge is -2.18. The fraction of sp³-hybridized carbons (Fsp3) is 0.308. The molecule has 0 aliphatic rings. The van der Waals surface area contributed by atoms with Crippen molar-refractivity contribution in [1.82, 2.24) is 9.46 Å². The lowest BCUT2D eigenvalue weighted by atomic mass is 10.2. The van der Waals surface area contributed by atoms with E-state index in [1.807, 2.05) is 0 Å². The summed E-state index contributed by atoms with van der Waals surface area (Å²) in [5.41, 5.74) is 6.10. The van der Waals surface area contributed by atoms with Crippen molar-refractivity contribution in [2.75, 3.05) is 12.8 Å². The van der Waals surface area contributed by atoms with Crippen LogP contribution in [-0.2, 0) is 16.6 Å². The van der Waals surface area contributed by atoms with Gasteiger partial charge in [0.25, 0.3) is 0 Å². The highest BCUT2D eigenvalue weighted by Crippen LogP contribution is 2.25. The number of sulfonamides is 1. The summed E-state index contributed by atoms with van der Waals surface area (Å²) >= 11 is 0. The van der Waals surface area contributed by atoms with Crippen molar-refractivity contribution in [2.24, 2.45) is 0 Å². The van der Waals surface area contributed by atoms with Crippen LogP contribution in [0.2, 0.25) is 0 Å². The fourth-order valence-electron chi connectivity index (χ4n) is 1.91. The average Bonchev–Trinajstić information content (AvgIpc) is 2.79. The molecule has 0 spiro atoms. The molecule has 1 aromatic heterocycles. The molecule has 0 aliphatic heterocycles. The van der Waals surface area contributed by atoms with Gasteiger partial charge in [-0.25, -0.2) is 12.8 Å². The standard InChI is InChI=1S/C13H16FN3O3S/c1-8-4-11(16-20-8)7-17(3)21(18,19)13-6-10(15)5-12(14)9(13)2/h4-6H,7,15H2,1-3H3. The first-order chi connectivity index (χ1) is 9.71. The van der Waals surface area contributed by atoms with Gasteiger partial charge in [-0.1, -0.05) is 5.16 Å². The molecule has 0 atom stereocenters. The minimum Gasteiger partial charge on any atom is -0.399 e. The maximum Gasteiger partial charge on any atom is 0.243 e. The van der Waals surface area contributed by atoms with Gasteiger partial charge in [-0.2, -0.15) is 4.31 Å². The van der Waals surface area contributed by atoms with Crippen molar-refractivity contribution in [2.45, 2.75) is 25.3 Å². The normalized spacial score (nSPS) is 12.0. The van der Waals surface area contributed by atoms with Crippen LogP contribution in [0.1, 0.15) is 17.0 Å². The monoisotopic (exact) mass is 313 g/mol. The molecule has 0 amide bonds. The van der Waals surface area contributed by atoms with Gasteiger partial charge in [0.05, 0.1) is 17.1 Å². The van der Waals surface area contributed by atoms with Gasteiger partial charge < -0.3 is 10.3 Å². The Hall–Kier alpha value is -1.93. The third kappa shape index (κ3) is 3.06. The first kappa shape index (κ1) is 15.5. The number of hydrogen-bond donors (Lipinski definition) is 1. The van der Waals surface area contributed by atoms with Crippen LogP contribution in [0.25, 0.3) is 0 Å². The van der Waals surface area contributed by atoms with E-state index < -0.39 is 15.8 Å². The third-order valence-electron chi connectivity index (χ3n) is 3.07. The molecule has 0 saturated carbocycles. The van der Waals surface area contributed by atoms with Crippen LogP contribution in [-0.4, -0.2) is 24.9 Å². The third-order valence-corrected chi connectivity index (χ3v) is 5.00. The Morgan fingerprint density at radius 2 is 2.00 bits per heavy atom. The maximum absolute atomic E-state index is 13.7. The van der Waals surface area contributed by atoms with Crippen LogP contribution in [0, 0.1) is 19.7 Å². The number of hydrogen-bond acceptors (Lipinski definition) is 5. The summed E-state index contributed by atoms with van der Waals surface area (Å²) in [5.74, 6) is -0.0683. The van der Waals surface area contributed by atoms with Crippen LogP contribution in [0.5, 0.6) is 0 Å². The number of halogens is 1. The molecule has 2 aromatic rings. The highest BCUT2D eigenvalue weighted by atomic mass is 32.2. The summed E-state index contributed by atoms with van der Waals surface area (Å²) in [5, 5.41) is 3.74. The van der Waals surface area contributed by atoms with Crippen molar-refractivity contribution in [3.05, 3.63) is 41.0 Å². The van der Waals surface area contributed by atoms with Gasteiger partial charge in [-0.3, -0.25) is 0 Å². The Labute approximate surface area is 122 Å². The minimum absolute atomic E-state index is 0.0233. The van der Waals surface area contributed by atoms with E-state index in [0.29, 0.717) is 11.5 Å². The molecule has 0 fully saturated rings. The van der Waals surface area contributed by atoms with E-state index in [1.165, 1.54) is 20.0 Å². The van der Waals surface area contributed by atoms with Crippen molar-refractivity contribution < 1.29 is 17.3 Å². The predicted octanol–water partition coefficient (Wildman–Crippen LogP) is 1.83. The number of anilines is 1. The maximum atomic E-state index is 13.7. The summed E-state index contributed by atoms with van der Waals surface area (Å²) in [7, 11) is -2.48. The molecule has 1 aromatic carbocycles. The van der Waals surface area contributed by atoms with Crippen LogP contribution in [0.4, 0.5) is 10.1 Å². The van der Waals surface area contributed by atoms with Gasteiger partial charge in [0, 0.05) is 24.4 Å². The molecule has 8 heteroatoms. The van der Waals surface area contributed by atoms with Gasteiger partial charge in [-0.15, -0.1) is 0 Å². The van der Waals surface area contributed by atoms with E-state index in [1.54, 1.807) is 13.0 Å². The summed E-state index contributed by atoms with van der Waals surface area (Å²) in [6, 6.07) is 3.98. The molecule has 0 radical (unpaired) electrons. The number of nitrogens with two attached hydrogens (primary N) is 1. The van der Waals surface area contributed by atoms with Crippen LogP contribution in [0.15, 0.2) is 27.6 Å². The van der Waals surface area contributed by atoms with Gasteiger partial charge in [0.2, 0.25) is 10.0 Å². The molecule has 1 heterocycles. The van der Waals surface area contributed by atoms with E-state index >= 15 is 0 Å². The SMILES string of the molecule is Cc1cc(CN(C)S(=O)(=O)c2cc(N)cc(F)c2C)no1. The van der Waals surface area contributed by atoms with Crippen molar-refractivity contribution in [1.29, 1.82) is 0 Å². The van der Waals surface area contributed by atoms with Gasteiger partial charge in [-0.05, 0) is 26.0 Å². The second-order valence-electron chi connectivity index (χ2n) is 4.82. The van der Waals surface area contributed by atoms with E-state index in [0.717, 1.165) is 10.4 Å². The van der Waals surface area contributed by atoms with E-state index in [-0.39, 0.29) is 22.7 Å². The smallest absolute Gasteiger partial charge is 0.243 e. The highest BCUT2D eigenvalue weighted by molar-refractivity contribution is 7.89. The number of aryl methyl sites for hydroxylation is 1. The number of rotatable bonds is 4. The van der Waals surface area contributed by atoms with E-state index in [2.05, 4.69) is 5.16 Å². The Kier molecular flexibility index (Phi) is 4.02. The molecule has 0 saturated heterocycles. The Balaban J connectivity index is 2.37. The van der Waals surface area contributed by atoms with Crippen molar-refractivity contribution >= 4 is 15.7 Å². The molecule has 6 nitrogen and oxygen atoms in total. The first-order valence-electron chi connectivity index (χ1n) is 6.16. The molecule has 0 bridgehead atoms. The molecule has 2 rings (SSSR count). The molecule has 114 valence electrons. The fourth-order valence-corrected chi connectivity index (χ4v) is 3.32. The Morgan fingerprint density at radius 3 is 2.57 bits per heavy atom. The minimum atomic E-state index is -3.87. The lowest BCUT2D eigenvalue weighted by Crippen LogP contribution is -2.27. The largest absolute Gasteiger partial charge is 0.399 e. The highest BCUT2D eigenvalue weighted by Gasteiger charge is 2.25. The van der Waals surface area contributed by atoms with Gasteiger partial charge >= 0.3 is 0 Å². The molecule has 2 N–H and O–H groups in total. The van der Waals surface area contributed by atoms with Crippen LogP contribution < -0.4 is 5.73 Å². The molecule has 21 heavy (non-hydrogen) atoms. The second kappa shape index (κ2) is 5.45. The number of nitrogen functional groups attached to an aromatic ring is 1. The number of nitrogens with zero attached hydrogens (tertiary/aromatic N) is 2. The number of aromatic nitrogens is 1. The summed E-state index contributed by atoms with van der Waals surface area (Å²) in [4.78, 5) is -0.150. The molecule has 0 unspecified atom stereocenters. The van der Waals surface area contributed by atoms with Gasteiger partial charge in [0.15, 0.2) is 0 Å². The van der Waals surface area contributed by atoms with Gasteiger partial charge in [0.1, 0.15) is 11.6 Å². The zero-order valence-electron chi connectivity index (χ0n) is 11.9. The molecular weight excluding hydrogens is 297 g/mol. The predicted molar refractivity (Wildman–Crippen MR) is 75.4 cm³/mol. The van der Waals surface area contributed by atoms with Crippen LogP contribution >= 0.6 is 0 Å². The Bertz CT molecular complexity index is 771. The topological polar surface area (TPSA) is 89.4 Å². The van der Waals surface area contributed by atoms with Crippen molar-refractivity contribution in [3.63, 3.8) is 0 Å². The second-order valence-corrected chi connectivity index (χ2v) is 6.83. The quantitative estimate of drug-likeness (QED) is 0.870. The zero-order chi connectivity index (χ0) is 15.8. The number of benzene rings is 1. The summed E-state index contributed by atoms with van der Waals surface area (Å²) in [6.07, 6.45) is 0. The Morgan fingerprint density at radius 1 is 1.33 bits per heavy atom. The molecular formula is C13H16FN3O3S. The van der Waals surface area contributed by atoms with Crippen molar-refractivity contribution in [3.8, 4) is 0 Å². The molecule has 0 aliphatic carbocycles. The first-order valence-corrected chi connectivity index (χ1v) is 7.60.